The van der Waals surface area contributed by atoms with Gasteiger partial charge in [0.25, 0.3) is 5.91 Å². The molecule has 0 unspecified atom stereocenters. The molecule has 9 N–H and O–H groups in total. The van der Waals surface area contributed by atoms with Gasteiger partial charge < -0.3 is 37.2 Å². The van der Waals surface area contributed by atoms with E-state index in [-0.39, 0.29) is 41.0 Å². The van der Waals surface area contributed by atoms with Gasteiger partial charge >= 0.3 is 0 Å². The summed E-state index contributed by atoms with van der Waals surface area (Å²) in [7, 11) is 0. The Hall–Kier alpha value is -4.22. The highest BCUT2D eigenvalue weighted by Gasteiger charge is 2.62. The van der Waals surface area contributed by atoms with Crippen LogP contribution in [0.2, 0.25) is 0 Å². The summed E-state index contributed by atoms with van der Waals surface area (Å²) in [6.07, 6.45) is 0.0910. The molecular weight excluding hydrogens is 506 g/mol. The number of fused-ring (bicyclic) bond motifs is 4. The number of allylic oxidation sites excluding steroid dienone is 1. The molecule has 0 aromatic heterocycles. The molecule has 0 radical (unpaired) electrons. The lowest BCUT2D eigenvalue weighted by molar-refractivity contribution is -0.145. The minimum absolute atomic E-state index is 0.0688. The van der Waals surface area contributed by atoms with Gasteiger partial charge in [-0.15, -0.1) is 0 Å². The number of Topliss-reactive ketones (excluding diaryl/α,β-unsaturated/α-hetero) is 2. The van der Waals surface area contributed by atoms with Gasteiger partial charge in [-0.25, -0.2) is 0 Å². The molecule has 0 saturated heterocycles. The van der Waals surface area contributed by atoms with E-state index in [1.54, 1.807) is 39.0 Å². The Balaban J connectivity index is 1.64. The number of rotatable bonds is 2. The van der Waals surface area contributed by atoms with Gasteiger partial charge in [-0.1, -0.05) is 32.9 Å². The number of primary amides is 1. The molecule has 0 spiro atoms. The molecule has 0 heterocycles. The Bertz CT molecular complexity index is 1580. The molecule has 0 fully saturated rings. The van der Waals surface area contributed by atoms with Gasteiger partial charge in [0.15, 0.2) is 11.4 Å². The highest BCUT2D eigenvalue weighted by Crippen LogP contribution is 2.51. The second-order valence-corrected chi connectivity index (χ2v) is 11.5. The van der Waals surface area contributed by atoms with Crippen LogP contribution in [0.15, 0.2) is 46.9 Å². The van der Waals surface area contributed by atoms with Crippen molar-refractivity contribution in [2.45, 2.75) is 45.3 Å². The fourth-order valence-corrected chi connectivity index (χ4v) is 5.88. The first-order valence-electron chi connectivity index (χ1n) is 12.4. The first-order valence-corrected chi connectivity index (χ1v) is 12.4. The fraction of sp³-hybridized carbons (Fsp3) is 0.357. The SMILES string of the molecule is CC(C)(C)C(=O)Nc1ccc2cc3c(c(O)c2c1)C(=O)C1=C(O)[C@]2(O)C(=O)C(C(N)=O)=C(O)[C@@H](N)[C@@H]2C[C@@H]1C3. The molecule has 204 valence electrons. The molecule has 39 heavy (non-hydrogen) atoms. The van der Waals surface area contributed by atoms with Crippen molar-refractivity contribution in [1.29, 1.82) is 0 Å². The summed E-state index contributed by atoms with van der Waals surface area (Å²) in [6, 6.07) is 5.23. The average Bonchev–Trinajstić information content (AvgIpc) is 2.84. The summed E-state index contributed by atoms with van der Waals surface area (Å²) in [6.45, 7) is 5.26. The number of hydrogen-bond donors (Lipinski definition) is 7. The Morgan fingerprint density at radius 2 is 1.77 bits per heavy atom. The Kier molecular flexibility index (Phi) is 5.68. The normalized spacial score (nSPS) is 26.7. The minimum atomic E-state index is -2.76. The van der Waals surface area contributed by atoms with Crippen molar-refractivity contribution in [3.8, 4) is 5.75 Å². The quantitative estimate of drug-likeness (QED) is 0.278. The summed E-state index contributed by atoms with van der Waals surface area (Å²) in [4.78, 5) is 51.2. The van der Waals surface area contributed by atoms with Gasteiger partial charge in [-0.2, -0.15) is 0 Å². The summed E-state index contributed by atoms with van der Waals surface area (Å²) < 4.78 is 0. The van der Waals surface area contributed by atoms with E-state index in [2.05, 4.69) is 5.32 Å². The van der Waals surface area contributed by atoms with Gasteiger partial charge in [0.1, 0.15) is 22.8 Å². The predicted octanol–water partition coefficient (Wildman–Crippen LogP) is 1.66. The molecule has 0 bridgehead atoms. The number of aliphatic hydroxyl groups is 3. The number of aromatic hydroxyl groups is 1. The summed E-state index contributed by atoms with van der Waals surface area (Å²) >= 11 is 0. The molecule has 2 aromatic carbocycles. The van der Waals surface area contributed by atoms with Crippen LogP contribution in [0.25, 0.3) is 10.8 Å². The summed E-state index contributed by atoms with van der Waals surface area (Å²) in [5.41, 5.74) is 7.45. The minimum Gasteiger partial charge on any atom is -0.510 e. The second-order valence-electron chi connectivity index (χ2n) is 11.5. The predicted molar refractivity (Wildman–Crippen MR) is 140 cm³/mol. The molecule has 11 nitrogen and oxygen atoms in total. The third-order valence-corrected chi connectivity index (χ3v) is 8.00. The first kappa shape index (κ1) is 26.4. The Labute approximate surface area is 222 Å². The number of nitrogens with one attached hydrogen (secondary N) is 1. The van der Waals surface area contributed by atoms with Crippen LogP contribution in [-0.2, 0) is 20.8 Å². The van der Waals surface area contributed by atoms with Crippen LogP contribution in [0.5, 0.6) is 5.75 Å². The number of hydrogen-bond acceptors (Lipinski definition) is 9. The summed E-state index contributed by atoms with van der Waals surface area (Å²) in [5, 5.41) is 47.9. The number of nitrogens with two attached hydrogens (primary N) is 2. The first-order chi connectivity index (χ1) is 18.1. The maximum Gasteiger partial charge on any atom is 0.255 e. The van der Waals surface area contributed by atoms with Crippen LogP contribution < -0.4 is 16.8 Å². The zero-order valence-electron chi connectivity index (χ0n) is 21.5. The third-order valence-electron chi connectivity index (χ3n) is 8.00. The Morgan fingerprint density at radius 3 is 2.38 bits per heavy atom. The number of ketones is 2. The van der Waals surface area contributed by atoms with E-state index >= 15 is 0 Å². The van der Waals surface area contributed by atoms with E-state index in [0.29, 0.717) is 16.6 Å². The van der Waals surface area contributed by atoms with Crippen LogP contribution in [0.3, 0.4) is 0 Å². The van der Waals surface area contributed by atoms with Crippen LogP contribution in [0.1, 0.15) is 43.1 Å². The number of carbonyl (C=O) groups excluding carboxylic acids is 4. The molecule has 4 atom stereocenters. The smallest absolute Gasteiger partial charge is 0.255 e. The number of anilines is 1. The maximum absolute atomic E-state index is 13.8. The van der Waals surface area contributed by atoms with E-state index in [1.807, 2.05) is 0 Å². The average molecular weight is 536 g/mol. The molecule has 2 aromatic rings. The molecule has 11 heteroatoms. The number of benzene rings is 2. The van der Waals surface area contributed by atoms with Crippen LogP contribution in [0.4, 0.5) is 5.69 Å². The highest BCUT2D eigenvalue weighted by molar-refractivity contribution is 6.25. The van der Waals surface area contributed by atoms with Crippen molar-refractivity contribution in [2.75, 3.05) is 5.32 Å². The van der Waals surface area contributed by atoms with E-state index < -0.39 is 63.5 Å². The van der Waals surface area contributed by atoms with Crippen molar-refractivity contribution >= 4 is 39.8 Å². The number of phenols is 1. The largest absolute Gasteiger partial charge is 0.510 e. The number of carbonyl (C=O) groups is 4. The van der Waals surface area contributed by atoms with Crippen LogP contribution in [-0.4, -0.2) is 55.4 Å². The highest BCUT2D eigenvalue weighted by atomic mass is 16.3. The summed E-state index contributed by atoms with van der Waals surface area (Å²) in [5.74, 6) is -7.79. The van der Waals surface area contributed by atoms with Crippen LogP contribution in [0, 0.1) is 17.3 Å². The number of phenolic OH excluding ortho intramolecular Hbond substituents is 1. The van der Waals surface area contributed by atoms with Gasteiger partial charge in [-0.05, 0) is 41.8 Å². The lowest BCUT2D eigenvalue weighted by Crippen LogP contribution is -2.63. The van der Waals surface area contributed by atoms with Crippen molar-refractivity contribution in [3.63, 3.8) is 0 Å². The van der Waals surface area contributed by atoms with Gasteiger partial charge in [0, 0.05) is 28.0 Å². The van der Waals surface area contributed by atoms with E-state index in [4.69, 9.17) is 11.5 Å². The zero-order valence-corrected chi connectivity index (χ0v) is 21.5. The van der Waals surface area contributed by atoms with Crippen molar-refractivity contribution < 1.29 is 39.6 Å². The second kappa shape index (κ2) is 8.39. The molecule has 3 aliphatic carbocycles. The maximum atomic E-state index is 13.8. The third kappa shape index (κ3) is 3.64. The van der Waals surface area contributed by atoms with Gasteiger partial charge in [0.2, 0.25) is 11.7 Å². The zero-order chi connectivity index (χ0) is 28.8. The molecule has 3 aliphatic rings. The van der Waals surface area contributed by atoms with Crippen molar-refractivity contribution in [1.82, 2.24) is 0 Å². The van der Waals surface area contributed by atoms with Gasteiger partial charge in [-0.3, -0.25) is 19.2 Å². The number of aliphatic hydroxyl groups excluding tert-OH is 2. The molecule has 0 saturated carbocycles. The lowest BCUT2D eigenvalue weighted by Gasteiger charge is -2.47. The molecule has 2 amide bonds. The molecular formula is C28H29N3O8. The standard InChI is InChI=1S/C28H29N3O8/c1-27(2,3)26(38)31-13-5-4-10-6-11-7-12-8-15-19(29)22(34)18(25(30)37)24(36)28(15,39)23(35)17(12)21(33)16(11)20(32)14(10)9-13/h4-6,9,12,15,19,32,34-35,39H,7-8,29H2,1-3H3,(H2,30,37)(H,31,38)/t12-,15-,19-,28-/m0/s1. The van der Waals surface area contributed by atoms with Gasteiger partial charge in [0.05, 0.1) is 11.6 Å². The van der Waals surface area contributed by atoms with Crippen molar-refractivity contribution in [2.24, 2.45) is 28.7 Å². The van der Waals surface area contributed by atoms with E-state index in [0.717, 1.165) is 0 Å². The molecule has 5 rings (SSSR count). The lowest BCUT2D eigenvalue weighted by atomic mass is 9.59. The number of amides is 2. The topological polar surface area (TPSA) is 213 Å². The monoisotopic (exact) mass is 535 g/mol. The van der Waals surface area contributed by atoms with E-state index in [9.17, 15) is 39.6 Å². The molecule has 0 aliphatic heterocycles. The van der Waals surface area contributed by atoms with Crippen LogP contribution >= 0.6 is 0 Å². The van der Waals surface area contributed by atoms with E-state index in [1.165, 1.54) is 6.07 Å². The fourth-order valence-electron chi connectivity index (χ4n) is 5.88. The van der Waals surface area contributed by atoms with Crippen molar-refractivity contribution in [3.05, 3.63) is 58.1 Å². The Morgan fingerprint density at radius 1 is 1.10 bits per heavy atom.